The minimum atomic E-state index is -0.0889. The van der Waals surface area contributed by atoms with Gasteiger partial charge in [0, 0.05) is 58.7 Å². The maximum Gasteiger partial charge on any atom is 0.164 e. The van der Waals surface area contributed by atoms with E-state index in [0.717, 1.165) is 27.8 Å². The summed E-state index contributed by atoms with van der Waals surface area (Å²) in [6.07, 6.45) is 0. The first-order valence-electron chi connectivity index (χ1n) is 20.1. The smallest absolute Gasteiger partial charge is 0.164 e. The Hall–Kier alpha value is -7.21. The molecule has 0 saturated carbocycles. The van der Waals surface area contributed by atoms with Crippen LogP contribution in [0.25, 0.3) is 104 Å². The second-order valence-electron chi connectivity index (χ2n) is 16.0. The highest BCUT2D eigenvalue weighted by Crippen LogP contribution is 2.51. The number of fused-ring (bicyclic) bond motifs is 9. The molecule has 0 radical (unpaired) electrons. The number of hydrogen-bond acceptors (Lipinski definition) is 4. The third kappa shape index (κ3) is 5.25. The lowest BCUT2D eigenvalue weighted by atomic mass is 9.82. The molecule has 0 spiro atoms. The van der Waals surface area contributed by atoms with Gasteiger partial charge >= 0.3 is 0 Å². The molecule has 0 atom stereocenters. The second-order valence-corrected chi connectivity index (χ2v) is 17.1. The van der Waals surface area contributed by atoms with E-state index in [1.807, 2.05) is 47.7 Å². The number of nitrogens with zero attached hydrogens (tertiary/aromatic N) is 4. The van der Waals surface area contributed by atoms with Crippen molar-refractivity contribution in [2.24, 2.45) is 0 Å². The molecule has 12 rings (SSSR count). The van der Waals surface area contributed by atoms with Crippen molar-refractivity contribution in [2.45, 2.75) is 19.3 Å². The quantitative estimate of drug-likeness (QED) is 0.175. The van der Waals surface area contributed by atoms with Crippen LogP contribution < -0.4 is 0 Å². The highest BCUT2D eigenvalue weighted by molar-refractivity contribution is 7.26. The summed E-state index contributed by atoms with van der Waals surface area (Å²) in [5.41, 5.74) is 14.2. The van der Waals surface area contributed by atoms with Gasteiger partial charge in [-0.25, -0.2) is 15.0 Å². The zero-order chi connectivity index (χ0) is 39.2. The summed E-state index contributed by atoms with van der Waals surface area (Å²) in [6.45, 7) is 4.72. The molecule has 0 amide bonds. The predicted molar refractivity (Wildman–Crippen MR) is 246 cm³/mol. The molecule has 5 heteroatoms. The van der Waals surface area contributed by atoms with Gasteiger partial charge in [0.1, 0.15) is 0 Å². The first-order valence-corrected chi connectivity index (χ1v) is 20.9. The minimum absolute atomic E-state index is 0.0889. The van der Waals surface area contributed by atoms with Crippen molar-refractivity contribution < 1.29 is 0 Å². The van der Waals surface area contributed by atoms with Crippen LogP contribution in [0.15, 0.2) is 182 Å². The van der Waals surface area contributed by atoms with Crippen LogP contribution in [0, 0.1) is 0 Å². The van der Waals surface area contributed by atoms with E-state index in [1.54, 1.807) is 0 Å². The lowest BCUT2D eigenvalue weighted by Gasteiger charge is -2.21. The molecule has 0 N–H and O–H groups in total. The fraction of sp³-hybridized carbons (Fsp3) is 0.0556. The summed E-state index contributed by atoms with van der Waals surface area (Å²) in [4.78, 5) is 15.2. The van der Waals surface area contributed by atoms with E-state index in [0.29, 0.717) is 17.5 Å². The minimum Gasteiger partial charge on any atom is -0.309 e. The lowest BCUT2D eigenvalue weighted by Crippen LogP contribution is -2.14. The van der Waals surface area contributed by atoms with Gasteiger partial charge in [0.05, 0.1) is 11.0 Å². The molecule has 0 fully saturated rings. The summed E-state index contributed by atoms with van der Waals surface area (Å²) >= 11 is 1.81. The van der Waals surface area contributed by atoms with Crippen LogP contribution in [0.1, 0.15) is 25.0 Å². The van der Waals surface area contributed by atoms with Gasteiger partial charge in [-0.1, -0.05) is 141 Å². The van der Waals surface area contributed by atoms with Crippen LogP contribution in [-0.4, -0.2) is 19.5 Å². The third-order valence-electron chi connectivity index (χ3n) is 12.3. The largest absolute Gasteiger partial charge is 0.309 e. The number of thiophene rings is 1. The summed E-state index contributed by atoms with van der Waals surface area (Å²) in [5, 5.41) is 4.87. The molecule has 3 heterocycles. The van der Waals surface area contributed by atoms with Gasteiger partial charge in [-0.3, -0.25) is 0 Å². The summed E-state index contributed by atoms with van der Waals surface area (Å²) in [5.74, 6) is 1.99. The molecule has 3 aromatic heterocycles. The number of hydrogen-bond donors (Lipinski definition) is 0. The Kier molecular flexibility index (Phi) is 7.41. The fourth-order valence-corrected chi connectivity index (χ4v) is 10.5. The van der Waals surface area contributed by atoms with Crippen LogP contribution in [-0.2, 0) is 5.41 Å². The Balaban J connectivity index is 1.06. The molecule has 11 aromatic rings. The van der Waals surface area contributed by atoms with E-state index in [-0.39, 0.29) is 5.41 Å². The van der Waals surface area contributed by atoms with E-state index < -0.39 is 0 Å². The van der Waals surface area contributed by atoms with Crippen molar-refractivity contribution >= 4 is 53.3 Å². The maximum atomic E-state index is 5.13. The highest BCUT2D eigenvalue weighted by atomic mass is 32.1. The normalized spacial score (nSPS) is 13.1. The average Bonchev–Trinajstić information content (AvgIpc) is 3.91. The number of para-hydroxylation sites is 1. The van der Waals surface area contributed by atoms with E-state index in [2.05, 4.69) is 164 Å². The second kappa shape index (κ2) is 12.9. The van der Waals surface area contributed by atoms with E-state index in [4.69, 9.17) is 15.0 Å². The molecule has 4 nitrogen and oxygen atoms in total. The number of rotatable bonds is 5. The molecular weight excluding hydrogens is 737 g/mol. The van der Waals surface area contributed by atoms with Crippen LogP contribution in [0.2, 0.25) is 0 Å². The Morgan fingerprint density at radius 2 is 1.00 bits per heavy atom. The van der Waals surface area contributed by atoms with E-state index in [9.17, 15) is 0 Å². The topological polar surface area (TPSA) is 43.6 Å². The average molecular weight is 773 g/mol. The number of benzene rings is 8. The Bertz CT molecular complexity index is 3400. The van der Waals surface area contributed by atoms with Crippen molar-refractivity contribution in [2.75, 3.05) is 0 Å². The molecule has 1 aliphatic carbocycles. The van der Waals surface area contributed by atoms with Crippen LogP contribution in [0.5, 0.6) is 0 Å². The molecule has 0 aliphatic heterocycles. The van der Waals surface area contributed by atoms with Gasteiger partial charge in [-0.05, 0) is 88.0 Å². The zero-order valence-electron chi connectivity index (χ0n) is 32.5. The first kappa shape index (κ1) is 33.9. The van der Waals surface area contributed by atoms with Crippen LogP contribution in [0.4, 0.5) is 0 Å². The van der Waals surface area contributed by atoms with Crippen molar-refractivity contribution in [1.82, 2.24) is 19.5 Å². The molecule has 278 valence electrons. The van der Waals surface area contributed by atoms with Crippen molar-refractivity contribution in [3.63, 3.8) is 0 Å². The third-order valence-corrected chi connectivity index (χ3v) is 13.4. The summed E-state index contributed by atoms with van der Waals surface area (Å²) < 4.78 is 4.88. The predicted octanol–water partition coefficient (Wildman–Crippen LogP) is 14.3. The van der Waals surface area contributed by atoms with Crippen LogP contribution in [0.3, 0.4) is 0 Å². The SMILES string of the molecule is CC1(C)c2ccccc2-c2cc3c4cc(-c5ccc6sc7cccc(-c8nc(-c9ccccc9)nc(-c9ccccc9)n8)c7c6c5)ccc4n(-c4ccccc4)c3cc21. The molecule has 0 bridgehead atoms. The molecular formula is C54H36N4S. The Morgan fingerprint density at radius 1 is 0.407 bits per heavy atom. The van der Waals surface area contributed by atoms with Gasteiger partial charge in [0.25, 0.3) is 0 Å². The zero-order valence-corrected chi connectivity index (χ0v) is 33.3. The van der Waals surface area contributed by atoms with Gasteiger partial charge in [0.2, 0.25) is 0 Å². The molecule has 0 saturated heterocycles. The maximum absolute atomic E-state index is 5.13. The molecule has 8 aromatic carbocycles. The molecule has 0 unspecified atom stereocenters. The lowest BCUT2D eigenvalue weighted by molar-refractivity contribution is 0.661. The van der Waals surface area contributed by atoms with Gasteiger partial charge in [0.15, 0.2) is 17.5 Å². The first-order chi connectivity index (χ1) is 29.0. The number of aromatic nitrogens is 4. The van der Waals surface area contributed by atoms with Gasteiger partial charge in [-0.15, -0.1) is 11.3 Å². The Labute approximate surface area is 345 Å². The summed E-state index contributed by atoms with van der Waals surface area (Å²) in [7, 11) is 0. The Morgan fingerprint density at radius 3 is 1.73 bits per heavy atom. The van der Waals surface area contributed by atoms with Gasteiger partial charge < -0.3 is 4.57 Å². The van der Waals surface area contributed by atoms with E-state index >= 15 is 0 Å². The highest BCUT2D eigenvalue weighted by Gasteiger charge is 2.36. The fourth-order valence-electron chi connectivity index (χ4n) is 9.37. The standard InChI is InChI=1S/C54H36N4S/c1-54(2)44-23-13-12-21-38(44)40-31-42-41-29-35(25-27-46(41)58(47(42)32-45(40)54)37-19-10-5-11-20-37)36-26-28-48-43(30-36)50-39(22-14-24-49(50)59-48)53-56-51(33-15-6-3-7-16-33)55-52(57-53)34-17-8-4-9-18-34/h3-32H,1-2H3. The van der Waals surface area contributed by atoms with Crippen molar-refractivity contribution in [3.8, 4) is 62.1 Å². The van der Waals surface area contributed by atoms with Crippen molar-refractivity contribution in [1.29, 1.82) is 0 Å². The van der Waals surface area contributed by atoms with Crippen molar-refractivity contribution in [3.05, 3.63) is 193 Å². The summed E-state index contributed by atoms with van der Waals surface area (Å²) in [6, 6.07) is 65.4. The van der Waals surface area contributed by atoms with Crippen LogP contribution >= 0.6 is 11.3 Å². The molecule has 59 heavy (non-hydrogen) atoms. The molecule has 1 aliphatic rings. The monoisotopic (exact) mass is 772 g/mol. The van der Waals surface area contributed by atoms with Gasteiger partial charge in [-0.2, -0.15) is 0 Å². The van der Waals surface area contributed by atoms with E-state index in [1.165, 1.54) is 70.0 Å².